The Kier molecular flexibility index (Phi) is 6.98. The van der Waals surface area contributed by atoms with E-state index in [4.69, 9.17) is 0 Å². The van der Waals surface area contributed by atoms with Gasteiger partial charge in [0.1, 0.15) is 12.4 Å². The maximum atomic E-state index is 9.87. The molecule has 0 aromatic carbocycles. The molecule has 0 saturated heterocycles. The second-order valence-electron chi connectivity index (χ2n) is 3.63. The van der Waals surface area contributed by atoms with Gasteiger partial charge in [-0.3, -0.25) is 0 Å². The van der Waals surface area contributed by atoms with Crippen LogP contribution in [0.2, 0.25) is 0 Å². The zero-order chi connectivity index (χ0) is 13.8. The molecule has 1 radical (unpaired) electrons. The molecule has 0 N–H and O–H groups in total. The van der Waals surface area contributed by atoms with Gasteiger partial charge in [-0.2, -0.15) is 0 Å². The number of aryl methyl sites for hydroxylation is 2. The van der Waals surface area contributed by atoms with E-state index in [1.165, 1.54) is 12.8 Å². The Morgan fingerprint density at radius 2 is 1.56 bits per heavy atom. The Bertz CT molecular complexity index is 348. The van der Waals surface area contributed by atoms with Crippen molar-refractivity contribution in [1.29, 1.82) is 0 Å². The van der Waals surface area contributed by atoms with E-state index in [-0.39, 0.29) is 29.6 Å². The molecule has 0 unspecified atom stereocenters. The molecule has 2 nitrogen and oxygen atoms in total. The molecule has 0 aliphatic rings. The number of imidazole rings is 1. The monoisotopic (exact) mass is 307 g/mol. The fourth-order valence-corrected chi connectivity index (χ4v) is 0.975. The summed E-state index contributed by atoms with van der Waals surface area (Å²) < 4.78 is 63.5. The average Bonchev–Trinajstić information content (AvgIpc) is 2.42. The van der Waals surface area contributed by atoms with Crippen LogP contribution in [0, 0.1) is 0 Å². The molecule has 0 aliphatic carbocycles. The molecule has 1 rings (SSSR count). The van der Waals surface area contributed by atoms with Crippen LogP contribution >= 0.6 is 7.81 Å². The number of nitrogens with zero attached hydrogens (tertiary/aromatic N) is 2. The van der Waals surface area contributed by atoms with Gasteiger partial charge in [-0.25, -0.2) is 9.13 Å². The summed E-state index contributed by atoms with van der Waals surface area (Å²) in [5, 5.41) is 0. The Hall–Kier alpha value is 0.220. The average molecular weight is 307 g/mol. The van der Waals surface area contributed by atoms with Gasteiger partial charge < -0.3 is 0 Å². The Morgan fingerprint density at radius 3 is 1.83 bits per heavy atom. The minimum Gasteiger partial charge on any atom is 0 e. The van der Waals surface area contributed by atoms with E-state index in [2.05, 4.69) is 34.8 Å². The van der Waals surface area contributed by atoms with E-state index < -0.39 is 7.81 Å². The normalized spacial score (nSPS) is 14.7. The van der Waals surface area contributed by atoms with E-state index in [1.807, 2.05) is 7.05 Å². The van der Waals surface area contributed by atoms with Gasteiger partial charge in [0.25, 0.3) is 0 Å². The molecule has 0 spiro atoms. The van der Waals surface area contributed by atoms with Gasteiger partial charge in [-0.15, -0.1) is 0 Å². The maximum absolute atomic E-state index is 10.7. The van der Waals surface area contributed by atoms with Crippen LogP contribution in [0.4, 0.5) is 25.2 Å². The van der Waals surface area contributed by atoms with Crippen molar-refractivity contribution in [3.05, 3.63) is 18.7 Å². The minimum absolute atomic E-state index is 0. The van der Waals surface area contributed by atoms with Crippen LogP contribution in [-0.2, 0) is 13.6 Å². The van der Waals surface area contributed by atoms with Crippen molar-refractivity contribution in [3.63, 3.8) is 0 Å². The summed E-state index contributed by atoms with van der Waals surface area (Å²) in [6, 6.07) is 0. The van der Waals surface area contributed by atoms with E-state index in [0.29, 0.717) is 0 Å². The van der Waals surface area contributed by atoms with Crippen LogP contribution in [0.3, 0.4) is 0 Å². The van der Waals surface area contributed by atoms with Gasteiger partial charge in [0, 0.05) is 29.6 Å². The molecule has 1 aromatic heterocycles. The number of rotatable bonds is 3. The zero-order valence-electron chi connectivity index (χ0n) is 10.5. The third-order valence-corrected chi connectivity index (χ3v) is 1.59. The van der Waals surface area contributed by atoms with Gasteiger partial charge in [0.2, 0.25) is 6.33 Å². The molecule has 0 amide bonds. The zero-order valence-corrected chi connectivity index (χ0v) is 13.4. The number of halogens is 6. The van der Waals surface area contributed by atoms with E-state index in [1.54, 1.807) is 0 Å². The standard InChI is InChI=1S/C8H15N2.F6P.Na/c1-3-4-5-10-7-6-9(2)8-10;1-7(2,3,4,5)6;/h6-8H,3-5H2,1-2H3;;/q+1;-1;. The van der Waals surface area contributed by atoms with Crippen LogP contribution in [0.25, 0.3) is 0 Å². The molecule has 0 aliphatic heterocycles. The minimum atomic E-state index is -10.7. The summed E-state index contributed by atoms with van der Waals surface area (Å²) in [5.41, 5.74) is 0. The van der Waals surface area contributed by atoms with E-state index in [9.17, 15) is 25.2 Å². The molecular formula is C8H15F6N2NaP. The van der Waals surface area contributed by atoms with Crippen molar-refractivity contribution in [2.75, 3.05) is 0 Å². The topological polar surface area (TPSA) is 8.81 Å². The van der Waals surface area contributed by atoms with Gasteiger partial charge in [0.15, 0.2) is 0 Å². The Balaban J connectivity index is 0. The van der Waals surface area contributed by atoms with Crippen molar-refractivity contribution >= 4 is 37.4 Å². The Morgan fingerprint density at radius 1 is 1.11 bits per heavy atom. The molecule has 10 heteroatoms. The predicted molar refractivity (Wildman–Crippen MR) is 59.8 cm³/mol. The number of unbranched alkanes of at least 4 members (excludes halogenated alkanes) is 1. The van der Waals surface area contributed by atoms with Crippen molar-refractivity contribution < 1.29 is 29.7 Å². The van der Waals surface area contributed by atoms with Gasteiger partial charge in [-0.05, 0) is 6.42 Å². The van der Waals surface area contributed by atoms with Crippen molar-refractivity contribution in [2.45, 2.75) is 26.3 Å². The summed E-state index contributed by atoms with van der Waals surface area (Å²) in [7, 11) is -8.61. The van der Waals surface area contributed by atoms with Crippen molar-refractivity contribution in [1.82, 2.24) is 4.57 Å². The smallest absolute Gasteiger partial charge is 0 e. The molecule has 18 heavy (non-hydrogen) atoms. The largest absolute Gasteiger partial charge is 0 e. The number of hydrogen-bond donors (Lipinski definition) is 0. The molecule has 105 valence electrons. The SMILES string of the molecule is CCCCn1cc[n+](C)c1.F[P-](F)(F)(F)(F)F.[Na]. The summed E-state index contributed by atoms with van der Waals surface area (Å²) in [4.78, 5) is 0. The first-order valence-corrected chi connectivity index (χ1v) is 6.88. The van der Waals surface area contributed by atoms with Crippen LogP contribution in [0.5, 0.6) is 0 Å². The van der Waals surface area contributed by atoms with Crippen molar-refractivity contribution in [3.8, 4) is 0 Å². The summed E-state index contributed by atoms with van der Waals surface area (Å²) in [6.07, 6.45) is 8.82. The summed E-state index contributed by atoms with van der Waals surface area (Å²) in [6.45, 7) is 3.36. The predicted octanol–water partition coefficient (Wildman–Crippen LogP) is 4.11. The first-order valence-electron chi connectivity index (χ1n) is 4.85. The van der Waals surface area contributed by atoms with Gasteiger partial charge >= 0.3 is 33.0 Å². The second-order valence-corrected chi connectivity index (χ2v) is 5.55. The fraction of sp³-hybridized carbons (Fsp3) is 0.625. The van der Waals surface area contributed by atoms with Crippen LogP contribution in [0.15, 0.2) is 18.7 Å². The molecule has 0 atom stereocenters. The molecule has 1 aromatic rings. The molecule has 0 bridgehead atoms. The third-order valence-electron chi connectivity index (χ3n) is 1.59. The van der Waals surface area contributed by atoms with Crippen LogP contribution in [0.1, 0.15) is 19.8 Å². The fourth-order valence-electron chi connectivity index (χ4n) is 0.975. The molecular weight excluding hydrogens is 292 g/mol. The van der Waals surface area contributed by atoms with Crippen LogP contribution < -0.4 is 4.57 Å². The van der Waals surface area contributed by atoms with Crippen molar-refractivity contribution in [2.24, 2.45) is 7.05 Å². The number of hydrogen-bond acceptors (Lipinski definition) is 0. The third kappa shape index (κ3) is 21.5. The van der Waals surface area contributed by atoms with Gasteiger partial charge in [0.05, 0.1) is 13.6 Å². The maximum Gasteiger partial charge on any atom is 0 e. The quantitative estimate of drug-likeness (QED) is 0.344. The summed E-state index contributed by atoms with van der Waals surface area (Å²) in [5.74, 6) is 0. The van der Waals surface area contributed by atoms with Gasteiger partial charge in [-0.1, -0.05) is 13.3 Å². The van der Waals surface area contributed by atoms with E-state index in [0.717, 1.165) is 6.54 Å². The number of aromatic nitrogens is 2. The Labute approximate surface area is 124 Å². The van der Waals surface area contributed by atoms with E-state index >= 15 is 0 Å². The molecule has 1 heterocycles. The first kappa shape index (κ1) is 20.5. The molecule has 0 saturated carbocycles. The van der Waals surface area contributed by atoms with Crippen LogP contribution in [-0.4, -0.2) is 34.1 Å². The molecule has 0 fully saturated rings. The second kappa shape index (κ2) is 6.11. The summed E-state index contributed by atoms with van der Waals surface area (Å²) >= 11 is 0. The first-order chi connectivity index (χ1) is 7.28.